The fourth-order valence-electron chi connectivity index (χ4n) is 2.31. The molecule has 0 fully saturated rings. The molecule has 0 spiro atoms. The molecule has 2 heterocycles. The molecular formula is C17H13Cl3N4O6. The van der Waals surface area contributed by atoms with Gasteiger partial charge in [-0.25, -0.2) is 14.6 Å². The molecule has 158 valence electrons. The standard InChI is InChI=1S/C17H13Cl3N4O6/c18-11-13(21)12(19)15(20)24-14(11)16(26)30-6-10(25)23-17(27)22-7-1-2-8-9(5-7)29-4-3-28-8/h1-2,5H,3-4,6H2,(H2,21,24)(H2,22,23,25,27). The second-order valence-electron chi connectivity index (χ2n) is 5.73. The number of benzene rings is 1. The van der Waals surface area contributed by atoms with Crippen molar-refractivity contribution in [2.45, 2.75) is 0 Å². The first kappa shape index (κ1) is 21.8. The van der Waals surface area contributed by atoms with Crippen LogP contribution in [0, 0.1) is 0 Å². The van der Waals surface area contributed by atoms with Gasteiger partial charge in [0, 0.05) is 11.8 Å². The van der Waals surface area contributed by atoms with Crippen molar-refractivity contribution >= 4 is 64.1 Å². The topological polar surface area (TPSA) is 142 Å². The minimum absolute atomic E-state index is 0.119. The number of halogens is 3. The summed E-state index contributed by atoms with van der Waals surface area (Å²) in [5.41, 5.74) is 5.40. The van der Waals surface area contributed by atoms with Crippen LogP contribution in [0.2, 0.25) is 15.2 Å². The smallest absolute Gasteiger partial charge is 0.359 e. The summed E-state index contributed by atoms with van der Waals surface area (Å²) in [4.78, 5) is 39.6. The molecule has 0 bridgehead atoms. The van der Waals surface area contributed by atoms with Crippen LogP contribution in [-0.4, -0.2) is 42.7 Å². The molecule has 3 rings (SSSR count). The highest BCUT2D eigenvalue weighted by Crippen LogP contribution is 2.34. The Morgan fingerprint density at radius 3 is 2.53 bits per heavy atom. The largest absolute Gasteiger partial charge is 0.486 e. The SMILES string of the molecule is Nc1c(Cl)c(Cl)nc(C(=O)OCC(=O)NC(=O)Nc2ccc3c(c2)OCCO3)c1Cl. The number of carbonyl (C=O) groups is 3. The number of urea groups is 1. The van der Waals surface area contributed by atoms with E-state index in [0.717, 1.165) is 0 Å². The average Bonchev–Trinajstić information content (AvgIpc) is 2.72. The van der Waals surface area contributed by atoms with Gasteiger partial charge in [0.2, 0.25) is 0 Å². The summed E-state index contributed by atoms with van der Waals surface area (Å²) in [6.07, 6.45) is 0. The summed E-state index contributed by atoms with van der Waals surface area (Å²) in [5, 5.41) is 3.80. The van der Waals surface area contributed by atoms with E-state index in [2.05, 4.69) is 10.3 Å². The number of pyridine rings is 1. The molecule has 0 radical (unpaired) electrons. The lowest BCUT2D eigenvalue weighted by atomic mass is 10.2. The Bertz CT molecular complexity index is 1030. The molecule has 1 aliphatic rings. The van der Waals surface area contributed by atoms with Crippen LogP contribution in [0.3, 0.4) is 0 Å². The number of imide groups is 1. The van der Waals surface area contributed by atoms with Crippen LogP contribution >= 0.6 is 34.8 Å². The Morgan fingerprint density at radius 2 is 1.80 bits per heavy atom. The number of amides is 3. The first-order valence-corrected chi connectivity index (χ1v) is 9.37. The summed E-state index contributed by atoms with van der Waals surface area (Å²) in [6.45, 7) is 0.0322. The third-order valence-corrected chi connectivity index (χ3v) is 4.79. The van der Waals surface area contributed by atoms with Crippen molar-refractivity contribution in [3.63, 3.8) is 0 Å². The maximum atomic E-state index is 12.1. The van der Waals surface area contributed by atoms with E-state index < -0.39 is 30.2 Å². The Balaban J connectivity index is 1.53. The van der Waals surface area contributed by atoms with Gasteiger partial charge in [-0.05, 0) is 12.1 Å². The van der Waals surface area contributed by atoms with Crippen LogP contribution in [-0.2, 0) is 9.53 Å². The van der Waals surface area contributed by atoms with Crippen LogP contribution in [0.4, 0.5) is 16.2 Å². The summed E-state index contributed by atoms with van der Waals surface area (Å²) in [6, 6.07) is 3.89. The first-order chi connectivity index (χ1) is 14.3. The number of carbonyl (C=O) groups excluding carboxylic acids is 3. The van der Waals surface area contributed by atoms with Crippen LogP contribution in [0.5, 0.6) is 11.5 Å². The van der Waals surface area contributed by atoms with Crippen molar-refractivity contribution in [1.82, 2.24) is 10.3 Å². The van der Waals surface area contributed by atoms with Crippen molar-refractivity contribution in [2.24, 2.45) is 0 Å². The molecule has 3 amide bonds. The number of nitrogen functional groups attached to an aromatic ring is 1. The molecule has 1 aromatic carbocycles. The van der Waals surface area contributed by atoms with Gasteiger partial charge in [0.1, 0.15) is 18.2 Å². The highest BCUT2D eigenvalue weighted by atomic mass is 35.5. The minimum atomic E-state index is -1.08. The summed E-state index contributed by atoms with van der Waals surface area (Å²) in [7, 11) is 0. The molecule has 1 aromatic heterocycles. The Labute approximate surface area is 184 Å². The van der Waals surface area contributed by atoms with E-state index in [1.165, 1.54) is 0 Å². The highest BCUT2D eigenvalue weighted by Gasteiger charge is 2.22. The third-order valence-electron chi connectivity index (χ3n) is 3.65. The van der Waals surface area contributed by atoms with E-state index in [-0.39, 0.29) is 20.9 Å². The van der Waals surface area contributed by atoms with Gasteiger partial charge in [0.25, 0.3) is 5.91 Å². The molecule has 0 saturated heterocycles. The zero-order valence-corrected chi connectivity index (χ0v) is 17.2. The molecular weight excluding hydrogens is 463 g/mol. The molecule has 10 nitrogen and oxygen atoms in total. The second-order valence-corrected chi connectivity index (χ2v) is 6.84. The van der Waals surface area contributed by atoms with Crippen molar-refractivity contribution in [2.75, 3.05) is 30.9 Å². The molecule has 0 aliphatic carbocycles. The maximum absolute atomic E-state index is 12.1. The van der Waals surface area contributed by atoms with Crippen molar-refractivity contribution in [1.29, 1.82) is 0 Å². The zero-order valence-electron chi connectivity index (χ0n) is 15.0. The van der Waals surface area contributed by atoms with Crippen LogP contribution in [0.15, 0.2) is 18.2 Å². The number of nitrogens with zero attached hydrogens (tertiary/aromatic N) is 1. The quantitative estimate of drug-likeness (QED) is 0.452. The average molecular weight is 476 g/mol. The van der Waals surface area contributed by atoms with Crippen LogP contribution in [0.25, 0.3) is 0 Å². The zero-order chi connectivity index (χ0) is 21.8. The fourth-order valence-corrected chi connectivity index (χ4v) is 2.90. The van der Waals surface area contributed by atoms with E-state index in [1.54, 1.807) is 18.2 Å². The number of aromatic nitrogens is 1. The Morgan fingerprint density at radius 1 is 1.10 bits per heavy atom. The van der Waals surface area contributed by atoms with Crippen molar-refractivity contribution in [3.05, 3.63) is 39.1 Å². The molecule has 30 heavy (non-hydrogen) atoms. The van der Waals surface area contributed by atoms with E-state index in [0.29, 0.717) is 30.4 Å². The molecule has 1 aliphatic heterocycles. The van der Waals surface area contributed by atoms with Crippen LogP contribution < -0.4 is 25.8 Å². The fraction of sp³-hybridized carbons (Fsp3) is 0.176. The predicted molar refractivity (Wildman–Crippen MR) is 109 cm³/mol. The molecule has 0 atom stereocenters. The molecule has 0 unspecified atom stereocenters. The predicted octanol–water partition coefficient (Wildman–Crippen LogP) is 2.90. The summed E-state index contributed by atoms with van der Waals surface area (Å²) >= 11 is 17.4. The van der Waals surface area contributed by atoms with Gasteiger partial charge in [-0.15, -0.1) is 0 Å². The number of anilines is 2. The van der Waals surface area contributed by atoms with Gasteiger partial charge in [-0.2, -0.15) is 0 Å². The number of hydrogen-bond donors (Lipinski definition) is 3. The van der Waals surface area contributed by atoms with Gasteiger partial charge < -0.3 is 25.3 Å². The van der Waals surface area contributed by atoms with Gasteiger partial charge in [0.05, 0.1) is 10.7 Å². The second kappa shape index (κ2) is 9.24. The van der Waals surface area contributed by atoms with Gasteiger partial charge in [-0.1, -0.05) is 34.8 Å². The molecule has 2 aromatic rings. The number of ether oxygens (including phenoxy) is 3. The van der Waals surface area contributed by atoms with E-state index in [1.807, 2.05) is 5.32 Å². The maximum Gasteiger partial charge on any atom is 0.359 e. The third kappa shape index (κ3) is 4.96. The lowest BCUT2D eigenvalue weighted by molar-refractivity contribution is -0.123. The number of fused-ring (bicyclic) bond motifs is 1. The van der Waals surface area contributed by atoms with Crippen LogP contribution in [0.1, 0.15) is 10.5 Å². The molecule has 4 N–H and O–H groups in total. The number of nitrogens with one attached hydrogen (secondary N) is 2. The first-order valence-electron chi connectivity index (χ1n) is 8.24. The number of hydrogen-bond acceptors (Lipinski definition) is 8. The summed E-state index contributed by atoms with van der Waals surface area (Å²) < 4.78 is 15.6. The van der Waals surface area contributed by atoms with E-state index >= 15 is 0 Å². The molecule has 0 saturated carbocycles. The summed E-state index contributed by atoms with van der Waals surface area (Å²) in [5.74, 6) is -0.967. The Kier molecular flexibility index (Phi) is 6.70. The van der Waals surface area contributed by atoms with Crippen molar-refractivity contribution < 1.29 is 28.6 Å². The Hall–Kier alpha value is -2.95. The minimum Gasteiger partial charge on any atom is -0.486 e. The van der Waals surface area contributed by atoms with Crippen molar-refractivity contribution in [3.8, 4) is 11.5 Å². The lowest BCUT2D eigenvalue weighted by Crippen LogP contribution is -2.37. The monoisotopic (exact) mass is 474 g/mol. The van der Waals surface area contributed by atoms with Gasteiger partial charge in [0.15, 0.2) is 29.0 Å². The van der Waals surface area contributed by atoms with E-state index in [4.69, 9.17) is 54.7 Å². The van der Waals surface area contributed by atoms with Gasteiger partial charge >= 0.3 is 12.0 Å². The normalized spacial score (nSPS) is 12.1. The van der Waals surface area contributed by atoms with Gasteiger partial charge in [-0.3, -0.25) is 10.1 Å². The lowest BCUT2D eigenvalue weighted by Gasteiger charge is -2.19. The number of nitrogens with two attached hydrogens (primary N) is 1. The molecule has 13 heteroatoms. The number of esters is 1. The van der Waals surface area contributed by atoms with E-state index in [9.17, 15) is 14.4 Å². The highest BCUT2D eigenvalue weighted by molar-refractivity contribution is 6.46. The number of rotatable bonds is 4.